The molecule has 1 aromatic rings. The number of nitrogens with one attached hydrogen (secondary N) is 1. The van der Waals surface area contributed by atoms with Gasteiger partial charge in [0.2, 0.25) is 0 Å². The molecule has 2 fully saturated rings. The predicted octanol–water partition coefficient (Wildman–Crippen LogP) is 2.37. The molecule has 3 rings (SSSR count). The average Bonchev–Trinajstić information content (AvgIpc) is 2.74. The lowest BCUT2D eigenvalue weighted by atomic mass is 10.0. The van der Waals surface area contributed by atoms with Crippen LogP contribution in [-0.2, 0) is 9.53 Å². The molecular weight excluding hydrogens is 429 g/mol. The molecule has 0 atom stereocenters. The van der Waals surface area contributed by atoms with Crippen molar-refractivity contribution in [1.82, 2.24) is 15.1 Å². The molecule has 1 amide bonds. The van der Waals surface area contributed by atoms with E-state index in [4.69, 9.17) is 9.47 Å². The Bertz CT molecular complexity index is 663. The molecule has 2 saturated heterocycles. The maximum Gasteiger partial charge on any atom is 0.309 e. The van der Waals surface area contributed by atoms with Crippen molar-refractivity contribution in [2.24, 2.45) is 0 Å². The zero-order valence-electron chi connectivity index (χ0n) is 17.5. The van der Waals surface area contributed by atoms with Gasteiger partial charge in [-0.2, -0.15) is 0 Å². The van der Waals surface area contributed by atoms with Crippen LogP contribution in [0.2, 0.25) is 0 Å². The number of ether oxygens (including phenoxy) is 2. The molecule has 2 aliphatic heterocycles. The number of nitrogens with zero attached hydrogens (tertiary/aromatic N) is 2. The van der Waals surface area contributed by atoms with Gasteiger partial charge in [0.05, 0.1) is 19.6 Å². The zero-order chi connectivity index (χ0) is 19.8. The van der Waals surface area contributed by atoms with Crippen LogP contribution < -0.4 is 10.1 Å². The summed E-state index contributed by atoms with van der Waals surface area (Å²) in [6.45, 7) is 7.96. The summed E-state index contributed by atoms with van der Waals surface area (Å²) in [6, 6.07) is 7.84. The van der Waals surface area contributed by atoms with Gasteiger partial charge in [0, 0.05) is 37.8 Å². The first-order chi connectivity index (χ1) is 13.7. The van der Waals surface area contributed by atoms with Crippen LogP contribution in [0.4, 0.5) is 0 Å². The number of carbonyl (C=O) groups is 2. The van der Waals surface area contributed by atoms with E-state index in [1.165, 1.54) is 12.8 Å². The average molecular weight is 462 g/mol. The third-order valence-corrected chi connectivity index (χ3v) is 5.39. The maximum atomic E-state index is 12.9. The highest BCUT2D eigenvalue weighted by atomic mass is 35.5. The molecule has 9 heteroatoms. The number of piperidine rings is 1. The standard InChI is InChI=1S/C21H31N3O4.2ClH/c1-2-27-20(25)8-15-28-19-5-3-4-17(16-19)21(26)24-13-11-23(12-14-24)18-6-9-22-10-7-18;;/h3-5,16,18,22H,2,6-15H2,1H3;2*1H. The van der Waals surface area contributed by atoms with E-state index in [0.717, 1.165) is 39.3 Å². The summed E-state index contributed by atoms with van der Waals surface area (Å²) in [5.41, 5.74) is 0.629. The summed E-state index contributed by atoms with van der Waals surface area (Å²) in [5.74, 6) is 0.366. The van der Waals surface area contributed by atoms with E-state index < -0.39 is 0 Å². The predicted molar refractivity (Wildman–Crippen MR) is 121 cm³/mol. The summed E-state index contributed by atoms with van der Waals surface area (Å²) in [7, 11) is 0. The fourth-order valence-corrected chi connectivity index (χ4v) is 3.85. The van der Waals surface area contributed by atoms with Crippen molar-refractivity contribution in [3.63, 3.8) is 0 Å². The molecular formula is C21H33Cl2N3O4. The lowest BCUT2D eigenvalue weighted by Crippen LogP contribution is -2.53. The van der Waals surface area contributed by atoms with E-state index in [2.05, 4.69) is 10.2 Å². The first-order valence-corrected chi connectivity index (χ1v) is 10.3. The van der Waals surface area contributed by atoms with E-state index >= 15 is 0 Å². The molecule has 7 nitrogen and oxygen atoms in total. The SMILES string of the molecule is CCOC(=O)CCOc1cccc(C(=O)N2CCN(C3CCNCC3)CC2)c1.Cl.Cl. The van der Waals surface area contributed by atoms with Gasteiger partial charge in [-0.1, -0.05) is 6.07 Å². The van der Waals surface area contributed by atoms with Crippen molar-refractivity contribution in [1.29, 1.82) is 0 Å². The normalized spacial score (nSPS) is 17.4. The van der Waals surface area contributed by atoms with Crippen LogP contribution in [0.15, 0.2) is 24.3 Å². The molecule has 170 valence electrons. The van der Waals surface area contributed by atoms with Gasteiger partial charge in [0.1, 0.15) is 5.75 Å². The molecule has 1 aromatic carbocycles. The molecule has 0 aromatic heterocycles. The lowest BCUT2D eigenvalue weighted by Gasteiger charge is -2.40. The highest BCUT2D eigenvalue weighted by molar-refractivity contribution is 5.94. The van der Waals surface area contributed by atoms with Crippen LogP contribution in [0.25, 0.3) is 0 Å². The van der Waals surface area contributed by atoms with Crippen molar-refractivity contribution in [3.8, 4) is 5.75 Å². The van der Waals surface area contributed by atoms with Gasteiger partial charge < -0.3 is 19.7 Å². The van der Waals surface area contributed by atoms with Gasteiger partial charge >= 0.3 is 5.97 Å². The number of rotatable bonds is 7. The Labute approximate surface area is 191 Å². The van der Waals surface area contributed by atoms with Gasteiger partial charge in [-0.15, -0.1) is 24.8 Å². The number of benzene rings is 1. The number of hydrogen-bond donors (Lipinski definition) is 1. The largest absolute Gasteiger partial charge is 0.493 e. The Morgan fingerprint density at radius 3 is 2.47 bits per heavy atom. The molecule has 0 unspecified atom stereocenters. The number of piperazine rings is 1. The fraction of sp³-hybridized carbons (Fsp3) is 0.619. The second-order valence-corrected chi connectivity index (χ2v) is 7.24. The highest BCUT2D eigenvalue weighted by Gasteiger charge is 2.27. The quantitative estimate of drug-likeness (QED) is 0.628. The van der Waals surface area contributed by atoms with Crippen LogP contribution >= 0.6 is 24.8 Å². The van der Waals surface area contributed by atoms with Gasteiger partial charge in [0.15, 0.2) is 0 Å². The van der Waals surface area contributed by atoms with E-state index in [9.17, 15) is 9.59 Å². The van der Waals surface area contributed by atoms with Crippen molar-refractivity contribution in [2.75, 3.05) is 52.5 Å². The molecule has 0 radical (unpaired) electrons. The van der Waals surface area contributed by atoms with Crippen molar-refractivity contribution in [2.45, 2.75) is 32.2 Å². The third kappa shape index (κ3) is 7.61. The van der Waals surface area contributed by atoms with Crippen LogP contribution in [0.5, 0.6) is 5.75 Å². The third-order valence-electron chi connectivity index (χ3n) is 5.39. The monoisotopic (exact) mass is 461 g/mol. The second-order valence-electron chi connectivity index (χ2n) is 7.24. The molecule has 0 spiro atoms. The van der Waals surface area contributed by atoms with Crippen LogP contribution in [0.3, 0.4) is 0 Å². The summed E-state index contributed by atoms with van der Waals surface area (Å²) < 4.78 is 10.5. The molecule has 2 heterocycles. The van der Waals surface area contributed by atoms with E-state index in [1.54, 1.807) is 19.1 Å². The Morgan fingerprint density at radius 2 is 1.80 bits per heavy atom. The number of amides is 1. The van der Waals surface area contributed by atoms with Crippen molar-refractivity contribution in [3.05, 3.63) is 29.8 Å². The Kier molecular flexibility index (Phi) is 12.1. The summed E-state index contributed by atoms with van der Waals surface area (Å²) in [4.78, 5) is 28.7. The van der Waals surface area contributed by atoms with Gasteiger partial charge in [-0.25, -0.2) is 0 Å². The Morgan fingerprint density at radius 1 is 1.10 bits per heavy atom. The van der Waals surface area contributed by atoms with E-state index in [1.807, 2.05) is 17.0 Å². The molecule has 1 N–H and O–H groups in total. The fourth-order valence-electron chi connectivity index (χ4n) is 3.85. The first kappa shape index (κ1) is 26.5. The topological polar surface area (TPSA) is 71.1 Å². The molecule has 30 heavy (non-hydrogen) atoms. The lowest BCUT2D eigenvalue weighted by molar-refractivity contribution is -0.143. The molecule has 2 aliphatic rings. The van der Waals surface area contributed by atoms with Crippen molar-refractivity contribution < 1.29 is 19.1 Å². The summed E-state index contributed by atoms with van der Waals surface area (Å²) >= 11 is 0. The number of carbonyl (C=O) groups excluding carboxylic acids is 2. The zero-order valence-corrected chi connectivity index (χ0v) is 19.1. The Hall–Kier alpha value is -1.54. The smallest absolute Gasteiger partial charge is 0.309 e. The minimum atomic E-state index is -0.277. The number of esters is 1. The van der Waals surface area contributed by atoms with Crippen LogP contribution in [-0.4, -0.2) is 80.2 Å². The maximum absolute atomic E-state index is 12.9. The summed E-state index contributed by atoms with van der Waals surface area (Å²) in [5, 5.41) is 3.41. The first-order valence-electron chi connectivity index (χ1n) is 10.3. The number of halogens is 2. The Balaban J connectivity index is 0.00000225. The minimum absolute atomic E-state index is 0. The molecule has 0 aliphatic carbocycles. The highest BCUT2D eigenvalue weighted by Crippen LogP contribution is 2.18. The van der Waals surface area contributed by atoms with Crippen molar-refractivity contribution >= 4 is 36.7 Å². The summed E-state index contributed by atoms with van der Waals surface area (Å²) in [6.07, 6.45) is 2.59. The second kappa shape index (κ2) is 13.7. The minimum Gasteiger partial charge on any atom is -0.493 e. The van der Waals surface area contributed by atoms with E-state index in [-0.39, 0.29) is 49.7 Å². The van der Waals surface area contributed by atoms with Gasteiger partial charge in [0.25, 0.3) is 5.91 Å². The number of hydrogen-bond acceptors (Lipinski definition) is 6. The van der Waals surface area contributed by atoms with Gasteiger partial charge in [-0.05, 0) is 51.1 Å². The van der Waals surface area contributed by atoms with Crippen LogP contribution in [0.1, 0.15) is 36.5 Å². The van der Waals surface area contributed by atoms with E-state index in [0.29, 0.717) is 24.0 Å². The molecule has 0 bridgehead atoms. The molecule has 0 saturated carbocycles. The van der Waals surface area contributed by atoms with Gasteiger partial charge in [-0.3, -0.25) is 14.5 Å². The van der Waals surface area contributed by atoms with Crippen LogP contribution in [0, 0.1) is 0 Å².